The summed E-state index contributed by atoms with van der Waals surface area (Å²) in [5, 5.41) is 6.95. The van der Waals surface area contributed by atoms with Gasteiger partial charge < -0.3 is 10.6 Å². The number of anilines is 1. The predicted octanol–water partition coefficient (Wildman–Crippen LogP) is 3.32. The summed E-state index contributed by atoms with van der Waals surface area (Å²) in [4.78, 5) is 12.3. The number of carbonyl (C=O) groups excluding carboxylic acids is 1. The highest BCUT2D eigenvalue weighted by atomic mass is 35.5. The second-order valence-electron chi connectivity index (χ2n) is 4.90. The molecule has 2 N–H and O–H groups in total. The van der Waals surface area contributed by atoms with Crippen LogP contribution in [-0.2, 0) is 4.79 Å². The lowest BCUT2D eigenvalue weighted by Crippen LogP contribution is -2.46. The predicted molar refractivity (Wildman–Crippen MR) is 75.3 cm³/mol. The number of carbonyl (C=O) groups is 1. The molecule has 0 radical (unpaired) electrons. The van der Waals surface area contributed by atoms with Crippen molar-refractivity contribution in [2.24, 2.45) is 5.41 Å². The van der Waals surface area contributed by atoms with Crippen molar-refractivity contribution in [2.75, 3.05) is 18.4 Å². The van der Waals surface area contributed by atoms with Gasteiger partial charge in [-0.25, -0.2) is 0 Å². The van der Waals surface area contributed by atoms with Crippen molar-refractivity contribution in [1.29, 1.82) is 0 Å². The first-order valence-corrected chi connectivity index (χ1v) is 6.75. The third-order valence-electron chi connectivity index (χ3n) is 3.35. The smallest absolute Gasteiger partial charge is 0.231 e. The minimum Gasteiger partial charge on any atom is -0.324 e. The molecule has 1 fully saturated rings. The quantitative estimate of drug-likeness (QED) is 0.876. The van der Waals surface area contributed by atoms with Gasteiger partial charge in [0.25, 0.3) is 0 Å². The average molecular weight is 287 g/mol. The molecule has 1 unspecified atom stereocenters. The second kappa shape index (κ2) is 5.47. The Labute approximate surface area is 117 Å². The molecule has 0 spiro atoms. The van der Waals surface area contributed by atoms with Crippen molar-refractivity contribution >= 4 is 34.8 Å². The van der Waals surface area contributed by atoms with Crippen LogP contribution in [0, 0.1) is 5.41 Å². The van der Waals surface area contributed by atoms with E-state index in [1.165, 1.54) is 0 Å². The van der Waals surface area contributed by atoms with Gasteiger partial charge in [0.05, 0.1) is 21.1 Å². The molecule has 2 rings (SSSR count). The SMILES string of the molecule is CC1(C(=O)Nc2cccc(Cl)c2Cl)CCCNC1. The Morgan fingerprint density at radius 3 is 2.89 bits per heavy atom. The second-order valence-corrected chi connectivity index (χ2v) is 5.68. The first kappa shape index (κ1) is 13.7. The third-order valence-corrected chi connectivity index (χ3v) is 4.16. The van der Waals surface area contributed by atoms with E-state index in [0.29, 0.717) is 22.3 Å². The van der Waals surface area contributed by atoms with Crippen LogP contribution < -0.4 is 10.6 Å². The van der Waals surface area contributed by atoms with E-state index in [-0.39, 0.29) is 11.3 Å². The maximum absolute atomic E-state index is 12.3. The zero-order chi connectivity index (χ0) is 13.2. The molecule has 5 heteroatoms. The summed E-state index contributed by atoms with van der Waals surface area (Å²) in [6.07, 6.45) is 1.89. The number of rotatable bonds is 2. The first-order chi connectivity index (χ1) is 8.53. The molecule has 0 saturated carbocycles. The molecule has 98 valence electrons. The van der Waals surface area contributed by atoms with Gasteiger partial charge in [-0.2, -0.15) is 0 Å². The molecule has 0 bridgehead atoms. The van der Waals surface area contributed by atoms with Crippen molar-refractivity contribution in [2.45, 2.75) is 19.8 Å². The zero-order valence-corrected chi connectivity index (χ0v) is 11.7. The Balaban J connectivity index is 2.13. The Morgan fingerprint density at radius 1 is 1.44 bits per heavy atom. The summed E-state index contributed by atoms with van der Waals surface area (Å²) in [6.45, 7) is 3.63. The maximum atomic E-state index is 12.3. The van der Waals surface area contributed by atoms with E-state index >= 15 is 0 Å². The fourth-order valence-corrected chi connectivity index (χ4v) is 2.47. The largest absolute Gasteiger partial charge is 0.324 e. The summed E-state index contributed by atoms with van der Waals surface area (Å²) < 4.78 is 0. The highest BCUT2D eigenvalue weighted by Gasteiger charge is 2.34. The zero-order valence-electron chi connectivity index (χ0n) is 10.2. The van der Waals surface area contributed by atoms with Gasteiger partial charge in [-0.05, 0) is 38.4 Å². The van der Waals surface area contributed by atoms with E-state index in [4.69, 9.17) is 23.2 Å². The summed E-state index contributed by atoms with van der Waals surface area (Å²) in [5.41, 5.74) is 0.185. The van der Waals surface area contributed by atoms with Gasteiger partial charge >= 0.3 is 0 Å². The van der Waals surface area contributed by atoms with Gasteiger partial charge in [0.1, 0.15) is 0 Å². The fourth-order valence-electron chi connectivity index (χ4n) is 2.12. The lowest BCUT2D eigenvalue weighted by Gasteiger charge is -2.32. The van der Waals surface area contributed by atoms with Crippen LogP contribution in [0.3, 0.4) is 0 Å². The number of hydrogen-bond donors (Lipinski definition) is 2. The molecule has 0 aliphatic carbocycles. The molecule has 1 amide bonds. The molecule has 18 heavy (non-hydrogen) atoms. The number of hydrogen-bond acceptors (Lipinski definition) is 2. The molecule has 1 aliphatic heterocycles. The molecule has 0 aromatic heterocycles. The van der Waals surface area contributed by atoms with E-state index in [9.17, 15) is 4.79 Å². The minimum absolute atomic E-state index is 0.0149. The highest BCUT2D eigenvalue weighted by Crippen LogP contribution is 2.32. The number of piperidine rings is 1. The first-order valence-electron chi connectivity index (χ1n) is 5.99. The Bertz CT molecular complexity index is 456. The molecule has 1 aromatic rings. The van der Waals surface area contributed by atoms with Gasteiger partial charge in [0.15, 0.2) is 0 Å². The van der Waals surface area contributed by atoms with E-state index in [1.807, 2.05) is 6.92 Å². The van der Waals surface area contributed by atoms with Gasteiger partial charge in [-0.1, -0.05) is 29.3 Å². The third kappa shape index (κ3) is 2.79. The van der Waals surface area contributed by atoms with Gasteiger partial charge in [0, 0.05) is 6.54 Å². The van der Waals surface area contributed by atoms with Gasteiger partial charge in [-0.3, -0.25) is 4.79 Å². The maximum Gasteiger partial charge on any atom is 0.231 e. The molecular weight excluding hydrogens is 271 g/mol. The average Bonchev–Trinajstić information content (AvgIpc) is 2.36. The summed E-state index contributed by atoms with van der Waals surface area (Å²) >= 11 is 12.0. The van der Waals surface area contributed by atoms with E-state index in [1.54, 1.807) is 18.2 Å². The summed E-state index contributed by atoms with van der Waals surface area (Å²) in [6, 6.07) is 5.22. The van der Waals surface area contributed by atoms with Crippen LogP contribution in [0.5, 0.6) is 0 Å². The molecule has 1 saturated heterocycles. The Morgan fingerprint density at radius 2 is 2.22 bits per heavy atom. The number of halogens is 2. The molecule has 3 nitrogen and oxygen atoms in total. The van der Waals surface area contributed by atoms with Crippen molar-refractivity contribution in [3.63, 3.8) is 0 Å². The number of benzene rings is 1. The van der Waals surface area contributed by atoms with Crippen molar-refractivity contribution in [3.8, 4) is 0 Å². The van der Waals surface area contributed by atoms with Crippen LogP contribution in [0.2, 0.25) is 10.0 Å². The van der Waals surface area contributed by atoms with Crippen LogP contribution >= 0.6 is 23.2 Å². The number of nitrogens with one attached hydrogen (secondary N) is 2. The molecule has 1 atom stereocenters. The minimum atomic E-state index is -0.385. The van der Waals surface area contributed by atoms with Gasteiger partial charge in [0.2, 0.25) is 5.91 Å². The summed E-state index contributed by atoms with van der Waals surface area (Å²) in [5.74, 6) is -0.0149. The molecular formula is C13H16Cl2N2O. The van der Waals surface area contributed by atoms with Crippen LogP contribution in [0.1, 0.15) is 19.8 Å². The van der Waals surface area contributed by atoms with Crippen LogP contribution in [0.25, 0.3) is 0 Å². The van der Waals surface area contributed by atoms with E-state index in [2.05, 4.69) is 10.6 Å². The lowest BCUT2D eigenvalue weighted by atomic mass is 9.82. The van der Waals surface area contributed by atoms with Crippen LogP contribution in [-0.4, -0.2) is 19.0 Å². The van der Waals surface area contributed by atoms with Crippen molar-refractivity contribution in [1.82, 2.24) is 5.32 Å². The Kier molecular flexibility index (Phi) is 4.15. The van der Waals surface area contributed by atoms with Crippen LogP contribution in [0.15, 0.2) is 18.2 Å². The monoisotopic (exact) mass is 286 g/mol. The highest BCUT2D eigenvalue weighted by molar-refractivity contribution is 6.44. The van der Waals surface area contributed by atoms with Crippen molar-refractivity contribution in [3.05, 3.63) is 28.2 Å². The standard InChI is InChI=1S/C13H16Cl2N2O/c1-13(6-3-7-16-8-13)12(18)17-10-5-2-4-9(14)11(10)15/h2,4-5,16H,3,6-8H2,1H3,(H,17,18). The number of amides is 1. The van der Waals surface area contributed by atoms with Crippen molar-refractivity contribution < 1.29 is 4.79 Å². The Hall–Kier alpha value is -0.770. The molecule has 1 aromatic carbocycles. The molecule has 1 aliphatic rings. The van der Waals surface area contributed by atoms with Crippen LogP contribution in [0.4, 0.5) is 5.69 Å². The fraction of sp³-hybridized carbons (Fsp3) is 0.462. The normalized spacial score (nSPS) is 23.7. The topological polar surface area (TPSA) is 41.1 Å². The lowest BCUT2D eigenvalue weighted by molar-refractivity contribution is -0.125. The van der Waals surface area contributed by atoms with E-state index in [0.717, 1.165) is 19.4 Å². The van der Waals surface area contributed by atoms with Gasteiger partial charge in [-0.15, -0.1) is 0 Å². The summed E-state index contributed by atoms with van der Waals surface area (Å²) in [7, 11) is 0. The van der Waals surface area contributed by atoms with E-state index < -0.39 is 0 Å². The molecule has 1 heterocycles.